The van der Waals surface area contributed by atoms with Crippen LogP contribution in [0, 0.1) is 0 Å². The zero-order chi connectivity index (χ0) is 12.5. The second-order valence-electron chi connectivity index (χ2n) is 4.57. The Morgan fingerprint density at radius 3 is 2.11 bits per heavy atom. The van der Waals surface area contributed by atoms with E-state index in [2.05, 4.69) is 61.2 Å². The molecular formula is C17H15N. The second-order valence-corrected chi connectivity index (χ2v) is 4.57. The summed E-state index contributed by atoms with van der Waals surface area (Å²) in [6, 6.07) is 19.1. The lowest BCUT2D eigenvalue weighted by Gasteiger charge is -2.09. The fourth-order valence-corrected chi connectivity index (χ4v) is 2.30. The van der Waals surface area contributed by atoms with E-state index in [0.717, 1.165) is 5.56 Å². The van der Waals surface area contributed by atoms with Crippen LogP contribution >= 0.6 is 0 Å². The van der Waals surface area contributed by atoms with Crippen LogP contribution in [-0.2, 0) is 0 Å². The maximum Gasteiger partial charge on any atom is 0.0478 e. The SMILES string of the molecule is C=CC(N)c1ccc2cc3ccccc3cc2c1. The van der Waals surface area contributed by atoms with Gasteiger partial charge in [0.2, 0.25) is 0 Å². The highest BCUT2D eigenvalue weighted by atomic mass is 14.6. The van der Waals surface area contributed by atoms with Crippen LogP contribution in [0.15, 0.2) is 67.3 Å². The highest BCUT2D eigenvalue weighted by molar-refractivity contribution is 5.98. The third-order valence-electron chi connectivity index (χ3n) is 3.37. The van der Waals surface area contributed by atoms with Crippen molar-refractivity contribution in [3.05, 3.63) is 72.8 Å². The molecule has 2 N–H and O–H groups in total. The summed E-state index contributed by atoms with van der Waals surface area (Å²) >= 11 is 0. The van der Waals surface area contributed by atoms with Crippen LogP contribution in [0.25, 0.3) is 21.5 Å². The van der Waals surface area contributed by atoms with Crippen LogP contribution in [0.4, 0.5) is 0 Å². The minimum atomic E-state index is -0.0964. The van der Waals surface area contributed by atoms with Crippen molar-refractivity contribution in [3.8, 4) is 0 Å². The summed E-state index contributed by atoms with van der Waals surface area (Å²) < 4.78 is 0. The fourth-order valence-electron chi connectivity index (χ4n) is 2.30. The van der Waals surface area contributed by atoms with Gasteiger partial charge in [-0.05, 0) is 45.3 Å². The molecule has 0 heterocycles. The third kappa shape index (κ3) is 1.79. The van der Waals surface area contributed by atoms with Gasteiger partial charge in [0.25, 0.3) is 0 Å². The first kappa shape index (κ1) is 11.0. The minimum Gasteiger partial charge on any atom is -0.321 e. The molecule has 0 fully saturated rings. The highest BCUT2D eigenvalue weighted by Crippen LogP contribution is 2.25. The zero-order valence-electron chi connectivity index (χ0n) is 10.1. The van der Waals surface area contributed by atoms with Gasteiger partial charge in [-0.3, -0.25) is 0 Å². The van der Waals surface area contributed by atoms with Crippen molar-refractivity contribution in [2.45, 2.75) is 6.04 Å². The summed E-state index contributed by atoms with van der Waals surface area (Å²) in [5.41, 5.74) is 7.08. The molecule has 0 aliphatic heterocycles. The molecule has 3 aromatic carbocycles. The van der Waals surface area contributed by atoms with Gasteiger partial charge in [0.15, 0.2) is 0 Å². The number of hydrogen-bond donors (Lipinski definition) is 1. The lowest BCUT2D eigenvalue weighted by Crippen LogP contribution is -2.05. The summed E-state index contributed by atoms with van der Waals surface area (Å²) in [5.74, 6) is 0. The third-order valence-corrected chi connectivity index (χ3v) is 3.37. The van der Waals surface area contributed by atoms with E-state index in [1.54, 1.807) is 6.08 Å². The van der Waals surface area contributed by atoms with Gasteiger partial charge in [0.1, 0.15) is 0 Å². The van der Waals surface area contributed by atoms with E-state index in [1.807, 2.05) is 0 Å². The van der Waals surface area contributed by atoms with E-state index in [9.17, 15) is 0 Å². The molecule has 3 rings (SSSR count). The van der Waals surface area contributed by atoms with E-state index in [4.69, 9.17) is 5.73 Å². The predicted octanol–water partition coefficient (Wildman–Crippen LogP) is 4.18. The summed E-state index contributed by atoms with van der Waals surface area (Å²) in [6.07, 6.45) is 1.77. The average molecular weight is 233 g/mol. The Kier molecular flexibility index (Phi) is 2.62. The van der Waals surface area contributed by atoms with Crippen molar-refractivity contribution >= 4 is 21.5 Å². The maximum absolute atomic E-state index is 5.98. The van der Waals surface area contributed by atoms with Gasteiger partial charge in [-0.1, -0.05) is 42.5 Å². The summed E-state index contributed by atoms with van der Waals surface area (Å²) in [5, 5.41) is 5.00. The zero-order valence-corrected chi connectivity index (χ0v) is 10.1. The van der Waals surface area contributed by atoms with E-state index < -0.39 is 0 Å². The molecule has 0 amide bonds. The molecule has 0 aromatic heterocycles. The molecule has 18 heavy (non-hydrogen) atoms. The number of hydrogen-bond acceptors (Lipinski definition) is 1. The van der Waals surface area contributed by atoms with Gasteiger partial charge in [-0.25, -0.2) is 0 Å². The molecule has 1 atom stereocenters. The maximum atomic E-state index is 5.98. The van der Waals surface area contributed by atoms with E-state index in [0.29, 0.717) is 0 Å². The van der Waals surface area contributed by atoms with Gasteiger partial charge in [-0.15, -0.1) is 6.58 Å². The molecule has 0 spiro atoms. The van der Waals surface area contributed by atoms with Crippen molar-refractivity contribution < 1.29 is 0 Å². The molecule has 1 heteroatoms. The van der Waals surface area contributed by atoms with Crippen molar-refractivity contribution in [3.63, 3.8) is 0 Å². The van der Waals surface area contributed by atoms with E-state index in [-0.39, 0.29) is 6.04 Å². The van der Waals surface area contributed by atoms with Crippen LogP contribution in [0.5, 0.6) is 0 Å². The first-order valence-electron chi connectivity index (χ1n) is 6.08. The molecule has 88 valence electrons. The van der Waals surface area contributed by atoms with Crippen LogP contribution in [0.3, 0.4) is 0 Å². The smallest absolute Gasteiger partial charge is 0.0478 e. The average Bonchev–Trinajstić information content (AvgIpc) is 2.43. The molecule has 1 nitrogen and oxygen atoms in total. The van der Waals surface area contributed by atoms with Gasteiger partial charge < -0.3 is 5.73 Å². The molecular weight excluding hydrogens is 218 g/mol. The molecule has 3 aromatic rings. The first-order chi connectivity index (χ1) is 8.78. The number of nitrogens with two attached hydrogens (primary N) is 1. The number of fused-ring (bicyclic) bond motifs is 2. The van der Waals surface area contributed by atoms with Crippen molar-refractivity contribution in [1.29, 1.82) is 0 Å². The van der Waals surface area contributed by atoms with Gasteiger partial charge >= 0.3 is 0 Å². The van der Waals surface area contributed by atoms with Crippen LogP contribution in [-0.4, -0.2) is 0 Å². The number of benzene rings is 3. The van der Waals surface area contributed by atoms with Crippen molar-refractivity contribution in [1.82, 2.24) is 0 Å². The lowest BCUT2D eigenvalue weighted by molar-refractivity contribution is 0.917. The lowest BCUT2D eigenvalue weighted by atomic mass is 9.99. The van der Waals surface area contributed by atoms with Crippen LogP contribution in [0.2, 0.25) is 0 Å². The van der Waals surface area contributed by atoms with E-state index in [1.165, 1.54) is 21.5 Å². The molecule has 0 saturated carbocycles. The molecule has 0 bridgehead atoms. The Morgan fingerprint density at radius 2 is 1.44 bits per heavy atom. The summed E-state index contributed by atoms with van der Waals surface area (Å²) in [6.45, 7) is 3.74. The second kappa shape index (κ2) is 4.28. The predicted molar refractivity (Wildman–Crippen MR) is 78.6 cm³/mol. The molecule has 1 unspecified atom stereocenters. The quantitative estimate of drug-likeness (QED) is 0.521. The normalized spacial score (nSPS) is 12.7. The van der Waals surface area contributed by atoms with Crippen LogP contribution in [0.1, 0.15) is 11.6 Å². The topological polar surface area (TPSA) is 26.0 Å². The monoisotopic (exact) mass is 233 g/mol. The Bertz CT molecular complexity index is 728. The van der Waals surface area contributed by atoms with Crippen molar-refractivity contribution in [2.24, 2.45) is 5.73 Å². The van der Waals surface area contributed by atoms with Crippen LogP contribution < -0.4 is 5.73 Å². The van der Waals surface area contributed by atoms with Gasteiger partial charge in [-0.2, -0.15) is 0 Å². The van der Waals surface area contributed by atoms with Crippen molar-refractivity contribution in [2.75, 3.05) is 0 Å². The Morgan fingerprint density at radius 1 is 0.833 bits per heavy atom. The molecule has 0 aliphatic rings. The van der Waals surface area contributed by atoms with E-state index >= 15 is 0 Å². The standard InChI is InChI=1S/C17H15N/c1-2-17(18)15-8-7-14-9-12-5-3-4-6-13(12)10-16(14)11-15/h2-11,17H,1,18H2. The molecule has 0 saturated heterocycles. The Labute approximate surface area is 107 Å². The largest absolute Gasteiger partial charge is 0.321 e. The fraction of sp³-hybridized carbons (Fsp3) is 0.0588. The molecule has 0 radical (unpaired) electrons. The first-order valence-corrected chi connectivity index (χ1v) is 6.08. The molecule has 0 aliphatic carbocycles. The minimum absolute atomic E-state index is 0.0964. The Balaban J connectivity index is 2.27. The Hall–Kier alpha value is -2.12. The summed E-state index contributed by atoms with van der Waals surface area (Å²) in [4.78, 5) is 0. The summed E-state index contributed by atoms with van der Waals surface area (Å²) in [7, 11) is 0. The highest BCUT2D eigenvalue weighted by Gasteiger charge is 2.03. The van der Waals surface area contributed by atoms with Gasteiger partial charge in [0.05, 0.1) is 0 Å². The van der Waals surface area contributed by atoms with Gasteiger partial charge in [0, 0.05) is 6.04 Å². The number of rotatable bonds is 2.